The second-order valence-electron chi connectivity index (χ2n) is 7.58. The SMILES string of the molecule is Cc1cc(Cl)ccc1OCCCC(=O)NNC(=O)c1cc2cnn(C(C)C)c2nc1C. The van der Waals surface area contributed by atoms with E-state index in [4.69, 9.17) is 16.3 Å². The molecule has 0 aliphatic carbocycles. The van der Waals surface area contributed by atoms with Gasteiger partial charge in [0.1, 0.15) is 5.75 Å². The first-order valence-corrected chi connectivity index (χ1v) is 10.5. The van der Waals surface area contributed by atoms with E-state index in [2.05, 4.69) is 20.9 Å². The molecule has 0 radical (unpaired) electrons. The Morgan fingerprint density at radius 3 is 2.68 bits per heavy atom. The second kappa shape index (κ2) is 9.78. The van der Waals surface area contributed by atoms with Gasteiger partial charge in [-0.25, -0.2) is 9.67 Å². The molecule has 0 saturated carbocycles. The van der Waals surface area contributed by atoms with Crippen molar-refractivity contribution in [3.63, 3.8) is 0 Å². The summed E-state index contributed by atoms with van der Waals surface area (Å²) in [7, 11) is 0. The zero-order chi connectivity index (χ0) is 22.5. The van der Waals surface area contributed by atoms with Crippen LogP contribution in [-0.4, -0.2) is 33.2 Å². The molecule has 0 saturated heterocycles. The lowest BCUT2D eigenvalue weighted by Crippen LogP contribution is -2.42. The summed E-state index contributed by atoms with van der Waals surface area (Å²) in [6, 6.07) is 7.27. The monoisotopic (exact) mass is 443 g/mol. The molecule has 0 fully saturated rings. The molecule has 9 heteroatoms. The molecule has 164 valence electrons. The minimum absolute atomic E-state index is 0.163. The minimum Gasteiger partial charge on any atom is -0.493 e. The van der Waals surface area contributed by atoms with Crippen LogP contribution < -0.4 is 15.6 Å². The van der Waals surface area contributed by atoms with Crippen molar-refractivity contribution >= 4 is 34.4 Å². The first-order chi connectivity index (χ1) is 14.8. The van der Waals surface area contributed by atoms with Gasteiger partial charge in [0.15, 0.2) is 5.65 Å². The first kappa shape index (κ1) is 22.6. The number of amides is 2. The maximum atomic E-state index is 12.5. The Morgan fingerprint density at radius 2 is 1.97 bits per heavy atom. The zero-order valence-electron chi connectivity index (χ0n) is 18.0. The van der Waals surface area contributed by atoms with Crippen molar-refractivity contribution in [2.45, 2.75) is 46.6 Å². The molecule has 0 bridgehead atoms. The molecule has 0 aliphatic heterocycles. The summed E-state index contributed by atoms with van der Waals surface area (Å²) in [4.78, 5) is 29.1. The normalized spacial score (nSPS) is 11.0. The number of halogens is 1. The molecule has 0 aliphatic rings. The first-order valence-electron chi connectivity index (χ1n) is 10.1. The number of nitrogens with zero attached hydrogens (tertiary/aromatic N) is 3. The summed E-state index contributed by atoms with van der Waals surface area (Å²) in [5, 5.41) is 5.74. The Kier molecular flexibility index (Phi) is 7.12. The second-order valence-corrected chi connectivity index (χ2v) is 8.02. The maximum absolute atomic E-state index is 12.5. The van der Waals surface area contributed by atoms with Gasteiger partial charge in [-0.3, -0.25) is 20.4 Å². The van der Waals surface area contributed by atoms with Gasteiger partial charge < -0.3 is 4.74 Å². The molecule has 31 heavy (non-hydrogen) atoms. The van der Waals surface area contributed by atoms with Crippen LogP contribution in [0.1, 0.15) is 54.3 Å². The number of carbonyl (C=O) groups is 2. The third kappa shape index (κ3) is 5.52. The summed E-state index contributed by atoms with van der Waals surface area (Å²) < 4.78 is 7.48. The Balaban J connectivity index is 1.48. The lowest BCUT2D eigenvalue weighted by molar-refractivity contribution is -0.122. The van der Waals surface area contributed by atoms with Crippen LogP contribution >= 0.6 is 11.6 Å². The number of nitrogens with one attached hydrogen (secondary N) is 2. The Hall–Kier alpha value is -3.13. The largest absolute Gasteiger partial charge is 0.493 e. The fraction of sp³-hybridized carbons (Fsp3) is 0.364. The van der Waals surface area contributed by atoms with Crippen molar-refractivity contribution < 1.29 is 14.3 Å². The summed E-state index contributed by atoms with van der Waals surface area (Å²) in [5.74, 6) is 0.00643. The standard InChI is InChI=1S/C22H26ClN5O3/c1-13(2)28-21-16(12-24-28)11-18(15(4)25-21)22(30)27-26-20(29)6-5-9-31-19-8-7-17(23)10-14(19)3/h7-8,10-13H,5-6,9H2,1-4H3,(H,26,29)(H,27,30). The van der Waals surface area contributed by atoms with E-state index >= 15 is 0 Å². The lowest BCUT2D eigenvalue weighted by Gasteiger charge is -2.11. The molecule has 8 nitrogen and oxygen atoms in total. The zero-order valence-corrected chi connectivity index (χ0v) is 18.8. The number of hydrazine groups is 1. The van der Waals surface area contributed by atoms with Gasteiger partial charge in [-0.1, -0.05) is 11.6 Å². The van der Waals surface area contributed by atoms with E-state index in [0.29, 0.717) is 29.3 Å². The van der Waals surface area contributed by atoms with Crippen LogP contribution in [0.15, 0.2) is 30.5 Å². The number of fused-ring (bicyclic) bond motifs is 1. The number of hydrogen-bond donors (Lipinski definition) is 2. The Morgan fingerprint density at radius 1 is 1.19 bits per heavy atom. The molecule has 2 aromatic heterocycles. The Labute approximate surface area is 185 Å². The van der Waals surface area contributed by atoms with Crippen molar-refractivity contribution in [2.75, 3.05) is 6.61 Å². The number of pyridine rings is 1. The molecule has 2 amide bonds. The molecule has 1 aromatic carbocycles. The van der Waals surface area contributed by atoms with E-state index in [1.807, 2.05) is 26.8 Å². The quantitative estimate of drug-likeness (QED) is 0.426. The molecule has 3 rings (SSSR count). The van der Waals surface area contributed by atoms with Crippen molar-refractivity contribution in [3.05, 3.63) is 52.3 Å². The van der Waals surface area contributed by atoms with E-state index in [1.165, 1.54) is 0 Å². The minimum atomic E-state index is -0.425. The molecule has 0 spiro atoms. The number of hydrogen-bond acceptors (Lipinski definition) is 5. The summed E-state index contributed by atoms with van der Waals surface area (Å²) in [5.41, 5.74) is 7.49. The van der Waals surface area contributed by atoms with Crippen molar-refractivity contribution in [3.8, 4) is 5.75 Å². The maximum Gasteiger partial charge on any atom is 0.271 e. The van der Waals surface area contributed by atoms with Crippen LogP contribution in [0, 0.1) is 13.8 Å². The predicted octanol–water partition coefficient (Wildman–Crippen LogP) is 3.90. The van der Waals surface area contributed by atoms with Gasteiger partial charge in [-0.05, 0) is 63.9 Å². The Bertz CT molecular complexity index is 1110. The number of rotatable bonds is 7. The molecule has 0 atom stereocenters. The van der Waals surface area contributed by atoms with Gasteiger partial charge in [-0.2, -0.15) is 5.10 Å². The molecular weight excluding hydrogens is 418 g/mol. The van der Waals surface area contributed by atoms with E-state index in [9.17, 15) is 9.59 Å². The topological polar surface area (TPSA) is 98.1 Å². The number of aryl methyl sites for hydroxylation is 2. The third-order valence-corrected chi connectivity index (χ3v) is 4.99. The number of benzene rings is 1. The summed E-state index contributed by atoms with van der Waals surface area (Å²) in [6.45, 7) is 8.07. The van der Waals surface area contributed by atoms with Gasteiger partial charge in [-0.15, -0.1) is 0 Å². The van der Waals surface area contributed by atoms with Crippen LogP contribution in [0.4, 0.5) is 0 Å². The highest BCUT2D eigenvalue weighted by Gasteiger charge is 2.16. The summed E-state index contributed by atoms with van der Waals surface area (Å²) in [6.07, 6.45) is 2.40. The highest BCUT2D eigenvalue weighted by atomic mass is 35.5. The average Bonchev–Trinajstić information content (AvgIpc) is 3.13. The lowest BCUT2D eigenvalue weighted by atomic mass is 10.1. The van der Waals surface area contributed by atoms with E-state index in [-0.39, 0.29) is 18.4 Å². The fourth-order valence-corrected chi connectivity index (χ4v) is 3.35. The van der Waals surface area contributed by atoms with Gasteiger partial charge in [0.05, 0.1) is 24.1 Å². The van der Waals surface area contributed by atoms with Crippen molar-refractivity contribution in [1.29, 1.82) is 0 Å². The van der Waals surface area contributed by atoms with Crippen LogP contribution in [0.2, 0.25) is 5.02 Å². The predicted molar refractivity (Wildman–Crippen MR) is 119 cm³/mol. The molecular formula is C22H26ClN5O3. The number of ether oxygens (including phenoxy) is 1. The van der Waals surface area contributed by atoms with Crippen LogP contribution in [0.25, 0.3) is 11.0 Å². The number of carbonyl (C=O) groups excluding carboxylic acids is 2. The molecule has 2 N–H and O–H groups in total. The van der Waals surface area contributed by atoms with Crippen molar-refractivity contribution in [1.82, 2.24) is 25.6 Å². The van der Waals surface area contributed by atoms with Gasteiger partial charge in [0.25, 0.3) is 5.91 Å². The smallest absolute Gasteiger partial charge is 0.271 e. The van der Waals surface area contributed by atoms with Crippen LogP contribution in [0.3, 0.4) is 0 Å². The number of aromatic nitrogens is 3. The fourth-order valence-electron chi connectivity index (χ4n) is 3.12. The van der Waals surface area contributed by atoms with Gasteiger partial charge >= 0.3 is 0 Å². The van der Waals surface area contributed by atoms with Crippen LogP contribution in [0.5, 0.6) is 5.75 Å². The van der Waals surface area contributed by atoms with E-state index < -0.39 is 5.91 Å². The van der Waals surface area contributed by atoms with Gasteiger partial charge in [0, 0.05) is 22.9 Å². The molecule has 0 unspecified atom stereocenters. The highest BCUT2D eigenvalue weighted by Crippen LogP contribution is 2.22. The van der Waals surface area contributed by atoms with Gasteiger partial charge in [0.2, 0.25) is 5.91 Å². The summed E-state index contributed by atoms with van der Waals surface area (Å²) >= 11 is 5.93. The van der Waals surface area contributed by atoms with E-state index in [0.717, 1.165) is 22.3 Å². The van der Waals surface area contributed by atoms with E-state index in [1.54, 1.807) is 36.0 Å². The highest BCUT2D eigenvalue weighted by molar-refractivity contribution is 6.30. The third-order valence-electron chi connectivity index (χ3n) is 4.75. The van der Waals surface area contributed by atoms with Crippen LogP contribution in [-0.2, 0) is 4.79 Å². The molecule has 2 heterocycles. The molecule has 3 aromatic rings. The average molecular weight is 444 g/mol. The van der Waals surface area contributed by atoms with Crippen molar-refractivity contribution in [2.24, 2.45) is 0 Å².